The monoisotopic (exact) mass is 174 g/mol. The predicted molar refractivity (Wildman–Crippen MR) is 44.5 cm³/mol. The number of hydrogen-bond donors (Lipinski definition) is 0. The van der Waals surface area contributed by atoms with Crippen LogP contribution in [0.25, 0.3) is 5.69 Å². The van der Waals surface area contributed by atoms with Gasteiger partial charge in [0.2, 0.25) is 0 Å². The summed E-state index contributed by atoms with van der Waals surface area (Å²) < 4.78 is 1.50. The molecule has 0 saturated heterocycles. The van der Waals surface area contributed by atoms with Crippen molar-refractivity contribution in [3.05, 3.63) is 36.7 Å². The molecular formula is C8H6N4O. The maximum absolute atomic E-state index is 10.6. The third kappa shape index (κ3) is 1.31. The molecule has 5 heteroatoms. The summed E-state index contributed by atoms with van der Waals surface area (Å²) in [5.41, 5.74) is 0.989. The summed E-state index contributed by atoms with van der Waals surface area (Å²) in [6, 6.07) is 3.50. The van der Waals surface area contributed by atoms with E-state index >= 15 is 0 Å². The van der Waals surface area contributed by atoms with E-state index in [-0.39, 0.29) is 0 Å². The van der Waals surface area contributed by atoms with Crippen molar-refractivity contribution in [3.8, 4) is 5.69 Å². The van der Waals surface area contributed by atoms with Crippen molar-refractivity contribution in [2.24, 2.45) is 0 Å². The van der Waals surface area contributed by atoms with Gasteiger partial charge in [-0.3, -0.25) is 9.78 Å². The summed E-state index contributed by atoms with van der Waals surface area (Å²) in [5.74, 6) is 0. The summed E-state index contributed by atoms with van der Waals surface area (Å²) in [4.78, 5) is 18.3. The Morgan fingerprint density at radius 1 is 1.46 bits per heavy atom. The molecule has 0 atom stereocenters. The van der Waals surface area contributed by atoms with Gasteiger partial charge in [0.05, 0.1) is 5.69 Å². The van der Waals surface area contributed by atoms with Crippen LogP contribution >= 0.6 is 0 Å². The molecule has 5 nitrogen and oxygen atoms in total. The lowest BCUT2D eigenvalue weighted by Crippen LogP contribution is -2.00. The molecule has 0 aliphatic rings. The van der Waals surface area contributed by atoms with Gasteiger partial charge in [0, 0.05) is 6.20 Å². The SMILES string of the molecule is O=Cc1ncccc1-n1cncn1. The zero-order chi connectivity index (χ0) is 9.10. The third-order valence-corrected chi connectivity index (χ3v) is 1.59. The zero-order valence-electron chi connectivity index (χ0n) is 6.66. The highest BCUT2D eigenvalue weighted by Gasteiger charge is 2.03. The second-order valence-corrected chi connectivity index (χ2v) is 2.37. The minimum absolute atomic E-state index is 0.355. The second kappa shape index (κ2) is 3.14. The van der Waals surface area contributed by atoms with Gasteiger partial charge in [-0.15, -0.1) is 0 Å². The van der Waals surface area contributed by atoms with Gasteiger partial charge in [0.1, 0.15) is 18.3 Å². The largest absolute Gasteiger partial charge is 0.296 e. The van der Waals surface area contributed by atoms with Crippen molar-refractivity contribution in [1.82, 2.24) is 19.7 Å². The first-order valence-electron chi connectivity index (χ1n) is 3.67. The van der Waals surface area contributed by atoms with Crippen LogP contribution in [0.5, 0.6) is 0 Å². The molecule has 64 valence electrons. The standard InChI is InChI=1S/C8H6N4O/c13-4-7-8(2-1-3-10-7)12-6-9-5-11-12/h1-6H. The van der Waals surface area contributed by atoms with Crippen LogP contribution in [0.3, 0.4) is 0 Å². The van der Waals surface area contributed by atoms with E-state index in [1.807, 2.05) is 0 Å². The van der Waals surface area contributed by atoms with Gasteiger partial charge in [-0.05, 0) is 12.1 Å². The topological polar surface area (TPSA) is 60.7 Å². The lowest BCUT2D eigenvalue weighted by molar-refractivity contribution is 0.111. The molecule has 2 rings (SSSR count). The predicted octanol–water partition coefficient (Wildman–Crippen LogP) is 0.475. The highest BCUT2D eigenvalue weighted by atomic mass is 16.1. The van der Waals surface area contributed by atoms with Gasteiger partial charge >= 0.3 is 0 Å². The lowest BCUT2D eigenvalue weighted by atomic mass is 10.3. The van der Waals surface area contributed by atoms with Crippen molar-refractivity contribution >= 4 is 6.29 Å². The van der Waals surface area contributed by atoms with Crippen molar-refractivity contribution in [1.29, 1.82) is 0 Å². The van der Waals surface area contributed by atoms with E-state index in [1.54, 1.807) is 18.3 Å². The maximum Gasteiger partial charge on any atom is 0.170 e. The van der Waals surface area contributed by atoms with Crippen molar-refractivity contribution in [3.63, 3.8) is 0 Å². The minimum Gasteiger partial charge on any atom is -0.296 e. The van der Waals surface area contributed by atoms with Crippen LogP contribution in [0.15, 0.2) is 31.0 Å². The normalized spacial score (nSPS) is 9.85. The fourth-order valence-corrected chi connectivity index (χ4v) is 1.03. The number of aromatic nitrogens is 4. The third-order valence-electron chi connectivity index (χ3n) is 1.59. The molecule has 0 unspecified atom stereocenters. The fraction of sp³-hybridized carbons (Fsp3) is 0. The van der Waals surface area contributed by atoms with Gasteiger partial charge in [-0.2, -0.15) is 5.10 Å². The van der Waals surface area contributed by atoms with Crippen LogP contribution in [-0.4, -0.2) is 26.0 Å². The fourth-order valence-electron chi connectivity index (χ4n) is 1.03. The smallest absolute Gasteiger partial charge is 0.170 e. The minimum atomic E-state index is 0.355. The van der Waals surface area contributed by atoms with Crippen LogP contribution in [0.1, 0.15) is 10.5 Å². The van der Waals surface area contributed by atoms with E-state index in [4.69, 9.17) is 0 Å². The Morgan fingerprint density at radius 3 is 3.08 bits per heavy atom. The van der Waals surface area contributed by atoms with Crippen LogP contribution in [-0.2, 0) is 0 Å². The van der Waals surface area contributed by atoms with Gasteiger partial charge in [0.15, 0.2) is 6.29 Å². The number of nitrogens with zero attached hydrogens (tertiary/aromatic N) is 4. The summed E-state index contributed by atoms with van der Waals surface area (Å²) >= 11 is 0. The van der Waals surface area contributed by atoms with Crippen LogP contribution < -0.4 is 0 Å². The quantitative estimate of drug-likeness (QED) is 0.621. The molecule has 0 radical (unpaired) electrons. The second-order valence-electron chi connectivity index (χ2n) is 2.37. The molecule has 0 fully saturated rings. The molecule has 0 spiro atoms. The van der Waals surface area contributed by atoms with Crippen LogP contribution in [0.2, 0.25) is 0 Å². The number of hydrogen-bond acceptors (Lipinski definition) is 4. The van der Waals surface area contributed by atoms with Gasteiger partial charge in [-0.25, -0.2) is 9.67 Å². The molecule has 0 bridgehead atoms. The summed E-state index contributed by atoms with van der Waals surface area (Å²) in [6.07, 6.45) is 5.17. The molecule has 2 heterocycles. The Hall–Kier alpha value is -2.04. The number of carbonyl (C=O) groups is 1. The first-order valence-corrected chi connectivity index (χ1v) is 3.67. The summed E-state index contributed by atoms with van der Waals surface area (Å²) in [6.45, 7) is 0. The van der Waals surface area contributed by atoms with Crippen LogP contribution in [0, 0.1) is 0 Å². The van der Waals surface area contributed by atoms with Crippen LogP contribution in [0.4, 0.5) is 0 Å². The highest BCUT2D eigenvalue weighted by molar-refractivity contribution is 5.77. The Balaban J connectivity index is 2.57. The van der Waals surface area contributed by atoms with Crippen molar-refractivity contribution in [2.75, 3.05) is 0 Å². The van der Waals surface area contributed by atoms with Gasteiger partial charge < -0.3 is 0 Å². The summed E-state index contributed by atoms with van der Waals surface area (Å²) in [5, 5.41) is 3.90. The van der Waals surface area contributed by atoms with Crippen molar-refractivity contribution < 1.29 is 4.79 Å². The molecule has 2 aromatic heterocycles. The zero-order valence-corrected chi connectivity index (χ0v) is 6.66. The molecular weight excluding hydrogens is 168 g/mol. The van der Waals surface area contributed by atoms with E-state index < -0.39 is 0 Å². The molecule has 0 amide bonds. The average molecular weight is 174 g/mol. The highest BCUT2D eigenvalue weighted by Crippen LogP contribution is 2.06. The number of carbonyl (C=O) groups excluding carboxylic acids is 1. The average Bonchev–Trinajstić information content (AvgIpc) is 2.70. The van der Waals surface area contributed by atoms with Gasteiger partial charge in [-0.1, -0.05) is 0 Å². The molecule has 0 N–H and O–H groups in total. The first kappa shape index (κ1) is 7.60. The molecule has 0 aliphatic carbocycles. The van der Waals surface area contributed by atoms with Crippen molar-refractivity contribution in [2.45, 2.75) is 0 Å². The number of aldehydes is 1. The van der Waals surface area contributed by atoms with E-state index in [0.717, 1.165) is 0 Å². The lowest BCUT2D eigenvalue weighted by Gasteiger charge is -2.00. The Labute approximate surface area is 74.1 Å². The molecule has 13 heavy (non-hydrogen) atoms. The first-order chi connectivity index (χ1) is 6.42. The Kier molecular flexibility index (Phi) is 1.84. The number of pyridine rings is 1. The number of rotatable bonds is 2. The molecule has 2 aromatic rings. The molecule has 0 aliphatic heterocycles. The van der Waals surface area contributed by atoms with Gasteiger partial charge in [0.25, 0.3) is 0 Å². The van der Waals surface area contributed by atoms with E-state index in [2.05, 4.69) is 15.1 Å². The Bertz CT molecular complexity index is 410. The maximum atomic E-state index is 10.6. The van der Waals surface area contributed by atoms with E-state index in [0.29, 0.717) is 17.7 Å². The van der Waals surface area contributed by atoms with E-state index in [1.165, 1.54) is 17.3 Å². The van der Waals surface area contributed by atoms with E-state index in [9.17, 15) is 4.79 Å². The molecule has 0 saturated carbocycles. The molecule has 0 aromatic carbocycles. The Morgan fingerprint density at radius 2 is 2.38 bits per heavy atom. The summed E-state index contributed by atoms with van der Waals surface area (Å²) in [7, 11) is 0.